The molecule has 5 nitrogen and oxygen atoms in total. The van der Waals surface area contributed by atoms with E-state index in [1.807, 2.05) is 0 Å². The first-order chi connectivity index (χ1) is 10.0. The van der Waals surface area contributed by atoms with Gasteiger partial charge in [-0.05, 0) is 42.9 Å². The van der Waals surface area contributed by atoms with Crippen molar-refractivity contribution in [2.24, 2.45) is 5.41 Å². The van der Waals surface area contributed by atoms with Crippen LogP contribution >= 0.6 is 0 Å². The third-order valence-electron chi connectivity index (χ3n) is 4.41. The van der Waals surface area contributed by atoms with Crippen molar-refractivity contribution in [3.05, 3.63) is 29.8 Å². The summed E-state index contributed by atoms with van der Waals surface area (Å²) in [6.07, 6.45) is 5.87. The Balaban J connectivity index is 1.90. The van der Waals surface area contributed by atoms with Gasteiger partial charge in [-0.2, -0.15) is 0 Å². The van der Waals surface area contributed by atoms with Gasteiger partial charge in [-0.15, -0.1) is 0 Å². The van der Waals surface area contributed by atoms with Crippen LogP contribution < -0.4 is 10.6 Å². The average molecular weight is 290 g/mol. The van der Waals surface area contributed by atoms with Crippen LogP contribution in [-0.4, -0.2) is 23.7 Å². The van der Waals surface area contributed by atoms with E-state index in [0.717, 1.165) is 19.3 Å². The van der Waals surface area contributed by atoms with Crippen LogP contribution in [0.25, 0.3) is 0 Å². The maximum absolute atomic E-state index is 11.9. The Morgan fingerprint density at radius 1 is 1.29 bits per heavy atom. The smallest absolute Gasteiger partial charge is 0.335 e. The van der Waals surface area contributed by atoms with E-state index >= 15 is 0 Å². The van der Waals surface area contributed by atoms with E-state index in [9.17, 15) is 9.59 Å². The Labute approximate surface area is 124 Å². The number of urea groups is 1. The fraction of sp³-hybridized carbons (Fsp3) is 0.500. The van der Waals surface area contributed by atoms with Gasteiger partial charge in [-0.1, -0.05) is 25.8 Å². The Kier molecular flexibility index (Phi) is 4.83. The third kappa shape index (κ3) is 3.97. The standard InChI is InChI=1S/C16H22N2O3/c1-2-16(8-3-4-9-16)11-17-15(21)18-13-7-5-6-12(10-13)14(19)20/h5-7,10H,2-4,8-9,11H2,1H3,(H,19,20)(H2,17,18,21). The zero-order valence-corrected chi connectivity index (χ0v) is 12.3. The predicted octanol–water partition coefficient (Wildman–Crippen LogP) is 3.48. The summed E-state index contributed by atoms with van der Waals surface area (Å²) >= 11 is 0. The zero-order valence-electron chi connectivity index (χ0n) is 12.3. The van der Waals surface area contributed by atoms with Crippen molar-refractivity contribution in [3.8, 4) is 0 Å². The lowest BCUT2D eigenvalue weighted by molar-refractivity contribution is 0.0697. The number of carbonyl (C=O) groups excluding carboxylic acids is 1. The maximum atomic E-state index is 11.9. The van der Waals surface area contributed by atoms with E-state index in [4.69, 9.17) is 5.11 Å². The van der Waals surface area contributed by atoms with Gasteiger partial charge in [0.2, 0.25) is 0 Å². The van der Waals surface area contributed by atoms with Crippen LogP contribution in [-0.2, 0) is 0 Å². The molecule has 1 aliphatic rings. The summed E-state index contributed by atoms with van der Waals surface area (Å²) in [5.74, 6) is -1.00. The molecule has 1 aliphatic carbocycles. The van der Waals surface area contributed by atoms with E-state index in [2.05, 4.69) is 17.6 Å². The fourth-order valence-electron chi connectivity index (χ4n) is 2.95. The lowest BCUT2D eigenvalue weighted by Crippen LogP contribution is -2.38. The molecule has 114 valence electrons. The van der Waals surface area contributed by atoms with Gasteiger partial charge in [0.1, 0.15) is 0 Å². The minimum atomic E-state index is -1.00. The van der Waals surface area contributed by atoms with Gasteiger partial charge in [0.25, 0.3) is 0 Å². The first-order valence-electron chi connectivity index (χ1n) is 7.43. The third-order valence-corrected chi connectivity index (χ3v) is 4.41. The molecule has 5 heteroatoms. The Bertz CT molecular complexity index is 522. The number of anilines is 1. The molecule has 0 radical (unpaired) electrons. The minimum absolute atomic E-state index is 0.161. The highest BCUT2D eigenvalue weighted by Crippen LogP contribution is 2.40. The summed E-state index contributed by atoms with van der Waals surface area (Å²) in [6, 6.07) is 5.96. The van der Waals surface area contributed by atoms with Crippen LogP contribution in [0.4, 0.5) is 10.5 Å². The van der Waals surface area contributed by atoms with E-state index in [1.165, 1.54) is 25.0 Å². The molecule has 3 N–H and O–H groups in total. The second-order valence-corrected chi connectivity index (χ2v) is 5.75. The Morgan fingerprint density at radius 2 is 2.00 bits per heavy atom. The quantitative estimate of drug-likeness (QED) is 0.777. The molecule has 2 rings (SSSR count). The van der Waals surface area contributed by atoms with Gasteiger partial charge < -0.3 is 15.7 Å². The number of amides is 2. The summed E-state index contributed by atoms with van der Waals surface area (Å²) in [6.45, 7) is 2.84. The van der Waals surface area contributed by atoms with Crippen LogP contribution in [0.5, 0.6) is 0 Å². The lowest BCUT2D eigenvalue weighted by atomic mass is 9.83. The number of carboxylic acids is 1. The number of benzene rings is 1. The van der Waals surface area contributed by atoms with Crippen molar-refractivity contribution < 1.29 is 14.7 Å². The molecular formula is C16H22N2O3. The summed E-state index contributed by atoms with van der Waals surface area (Å²) in [4.78, 5) is 22.8. The van der Waals surface area contributed by atoms with E-state index < -0.39 is 5.97 Å². The summed E-state index contributed by atoms with van der Waals surface area (Å²) in [7, 11) is 0. The minimum Gasteiger partial charge on any atom is -0.478 e. The number of hydrogen-bond donors (Lipinski definition) is 3. The molecule has 1 fully saturated rings. The first-order valence-corrected chi connectivity index (χ1v) is 7.43. The first kappa shape index (κ1) is 15.4. The molecule has 1 saturated carbocycles. The van der Waals surface area contributed by atoms with Gasteiger partial charge in [0.15, 0.2) is 0 Å². The molecule has 0 atom stereocenters. The van der Waals surface area contributed by atoms with Gasteiger partial charge >= 0.3 is 12.0 Å². The summed E-state index contributed by atoms with van der Waals surface area (Å²) < 4.78 is 0. The van der Waals surface area contributed by atoms with Crippen molar-refractivity contribution in [2.75, 3.05) is 11.9 Å². The molecule has 1 aromatic rings. The van der Waals surface area contributed by atoms with E-state index in [1.54, 1.807) is 12.1 Å². The SMILES string of the molecule is CCC1(CNC(=O)Nc2cccc(C(=O)O)c2)CCCC1. The van der Waals surface area contributed by atoms with Crippen molar-refractivity contribution in [1.82, 2.24) is 5.32 Å². The van der Waals surface area contributed by atoms with Gasteiger partial charge in [-0.25, -0.2) is 9.59 Å². The molecule has 1 aromatic carbocycles. The van der Waals surface area contributed by atoms with Crippen molar-refractivity contribution >= 4 is 17.7 Å². The van der Waals surface area contributed by atoms with Crippen molar-refractivity contribution in [3.63, 3.8) is 0 Å². The highest BCUT2D eigenvalue weighted by Gasteiger charge is 2.32. The number of hydrogen-bond acceptors (Lipinski definition) is 2. The molecule has 0 bridgehead atoms. The number of carboxylic acid groups (broad SMARTS) is 1. The Morgan fingerprint density at radius 3 is 2.62 bits per heavy atom. The van der Waals surface area contributed by atoms with Crippen LogP contribution in [0.2, 0.25) is 0 Å². The lowest BCUT2D eigenvalue weighted by Gasteiger charge is -2.27. The number of aromatic carboxylic acids is 1. The Hall–Kier alpha value is -2.04. The fourth-order valence-corrected chi connectivity index (χ4v) is 2.95. The largest absolute Gasteiger partial charge is 0.478 e. The maximum Gasteiger partial charge on any atom is 0.335 e. The molecular weight excluding hydrogens is 268 g/mol. The molecule has 0 saturated heterocycles. The zero-order chi connectivity index (χ0) is 15.3. The monoisotopic (exact) mass is 290 g/mol. The van der Waals surface area contributed by atoms with Crippen LogP contribution in [0.1, 0.15) is 49.4 Å². The second-order valence-electron chi connectivity index (χ2n) is 5.75. The summed E-state index contributed by atoms with van der Waals surface area (Å²) in [5, 5.41) is 14.5. The van der Waals surface area contributed by atoms with Gasteiger partial charge in [0, 0.05) is 12.2 Å². The molecule has 0 spiro atoms. The molecule has 0 heterocycles. The van der Waals surface area contributed by atoms with Crippen LogP contribution in [0.15, 0.2) is 24.3 Å². The summed E-state index contributed by atoms with van der Waals surface area (Å²) in [5.41, 5.74) is 0.887. The number of rotatable bonds is 5. The van der Waals surface area contributed by atoms with Gasteiger partial charge in [0.05, 0.1) is 5.56 Å². The average Bonchev–Trinajstić information content (AvgIpc) is 2.95. The van der Waals surface area contributed by atoms with Gasteiger partial charge in [-0.3, -0.25) is 0 Å². The molecule has 2 amide bonds. The highest BCUT2D eigenvalue weighted by atomic mass is 16.4. The molecule has 0 aliphatic heterocycles. The number of nitrogens with one attached hydrogen (secondary N) is 2. The number of carbonyl (C=O) groups is 2. The second kappa shape index (κ2) is 6.61. The van der Waals surface area contributed by atoms with Crippen molar-refractivity contribution in [2.45, 2.75) is 39.0 Å². The van der Waals surface area contributed by atoms with Crippen LogP contribution in [0.3, 0.4) is 0 Å². The van der Waals surface area contributed by atoms with Crippen molar-refractivity contribution in [1.29, 1.82) is 0 Å². The molecule has 0 aromatic heterocycles. The topological polar surface area (TPSA) is 78.4 Å². The van der Waals surface area contributed by atoms with E-state index in [0.29, 0.717) is 12.2 Å². The normalized spacial score (nSPS) is 16.4. The van der Waals surface area contributed by atoms with Crippen LogP contribution in [0, 0.1) is 5.41 Å². The molecule has 21 heavy (non-hydrogen) atoms. The molecule has 0 unspecified atom stereocenters. The van der Waals surface area contributed by atoms with E-state index in [-0.39, 0.29) is 17.0 Å². The highest BCUT2D eigenvalue weighted by molar-refractivity contribution is 5.93. The predicted molar refractivity (Wildman–Crippen MR) is 81.6 cm³/mol.